The molecule has 1 fully saturated rings. The Morgan fingerprint density at radius 3 is 2.78 bits per heavy atom. The van der Waals surface area contributed by atoms with Gasteiger partial charge >= 0.3 is 5.97 Å². The fourth-order valence-corrected chi connectivity index (χ4v) is 2.59. The van der Waals surface area contributed by atoms with Gasteiger partial charge in [-0.25, -0.2) is 19.2 Å². The molecule has 8 heteroatoms. The first-order valence-electron chi connectivity index (χ1n) is 7.03. The highest BCUT2D eigenvalue weighted by Gasteiger charge is 2.28. The molecule has 0 unspecified atom stereocenters. The molecular formula is C15H11FN4O3. The van der Waals surface area contributed by atoms with Crippen molar-refractivity contribution >= 4 is 17.0 Å². The van der Waals surface area contributed by atoms with Crippen molar-refractivity contribution in [3.05, 3.63) is 52.6 Å². The fourth-order valence-electron chi connectivity index (χ4n) is 2.59. The van der Waals surface area contributed by atoms with Gasteiger partial charge in [0, 0.05) is 24.6 Å². The summed E-state index contributed by atoms with van der Waals surface area (Å²) in [6, 6.07) is 1.13. The number of imidazole rings is 1. The molecule has 7 nitrogen and oxygen atoms in total. The van der Waals surface area contributed by atoms with E-state index < -0.39 is 17.2 Å². The van der Waals surface area contributed by atoms with Crippen LogP contribution in [0.25, 0.3) is 16.9 Å². The lowest BCUT2D eigenvalue weighted by Gasteiger charge is -2.12. The number of aromatic nitrogens is 4. The lowest BCUT2D eigenvalue weighted by Crippen LogP contribution is -2.20. The molecule has 0 atom stereocenters. The van der Waals surface area contributed by atoms with Crippen molar-refractivity contribution in [2.24, 2.45) is 0 Å². The first kappa shape index (κ1) is 13.6. The molecule has 1 N–H and O–H groups in total. The van der Waals surface area contributed by atoms with Gasteiger partial charge in [0.15, 0.2) is 11.6 Å². The number of halogens is 1. The van der Waals surface area contributed by atoms with E-state index in [9.17, 15) is 19.1 Å². The van der Waals surface area contributed by atoms with Crippen molar-refractivity contribution in [3.63, 3.8) is 0 Å². The molecule has 0 aromatic carbocycles. The maximum Gasteiger partial charge on any atom is 0.341 e. The third-order valence-corrected chi connectivity index (χ3v) is 3.86. The molecule has 0 amide bonds. The van der Waals surface area contributed by atoms with Crippen LogP contribution in [0.15, 0.2) is 35.8 Å². The lowest BCUT2D eigenvalue weighted by atomic mass is 10.2. The molecule has 0 spiro atoms. The zero-order valence-corrected chi connectivity index (χ0v) is 11.8. The SMILES string of the molecule is O=C(O)c1cn(C2CC2)c2nc(-n3ccnc3)c(F)cc2c1=O. The molecular weight excluding hydrogens is 303 g/mol. The molecule has 23 heavy (non-hydrogen) atoms. The van der Waals surface area contributed by atoms with E-state index >= 15 is 0 Å². The summed E-state index contributed by atoms with van der Waals surface area (Å²) in [5.41, 5.74) is -0.818. The molecule has 0 radical (unpaired) electrons. The Balaban J connectivity index is 2.08. The smallest absolute Gasteiger partial charge is 0.341 e. The number of carboxylic acids is 1. The van der Waals surface area contributed by atoms with Crippen LogP contribution in [0.1, 0.15) is 29.2 Å². The van der Waals surface area contributed by atoms with Gasteiger partial charge in [0.1, 0.15) is 17.5 Å². The third-order valence-electron chi connectivity index (χ3n) is 3.86. The minimum Gasteiger partial charge on any atom is -0.477 e. The Hall–Kier alpha value is -3.03. The summed E-state index contributed by atoms with van der Waals surface area (Å²) in [6.07, 6.45) is 7.48. The number of aromatic carboxylic acids is 1. The minimum absolute atomic E-state index is 0.0203. The summed E-state index contributed by atoms with van der Waals surface area (Å²) in [6.45, 7) is 0. The van der Waals surface area contributed by atoms with E-state index in [4.69, 9.17) is 0 Å². The Morgan fingerprint density at radius 2 is 2.17 bits per heavy atom. The van der Waals surface area contributed by atoms with Crippen molar-refractivity contribution in [3.8, 4) is 5.82 Å². The first-order chi connectivity index (χ1) is 11.1. The summed E-state index contributed by atoms with van der Waals surface area (Å²) in [4.78, 5) is 31.7. The second-order valence-corrected chi connectivity index (χ2v) is 5.45. The van der Waals surface area contributed by atoms with Crippen LogP contribution in [-0.2, 0) is 0 Å². The number of rotatable bonds is 3. The van der Waals surface area contributed by atoms with Gasteiger partial charge in [-0.3, -0.25) is 9.36 Å². The van der Waals surface area contributed by atoms with E-state index in [2.05, 4.69) is 9.97 Å². The van der Waals surface area contributed by atoms with Crippen LogP contribution < -0.4 is 5.43 Å². The predicted molar refractivity (Wildman–Crippen MR) is 78.3 cm³/mol. The number of hydrogen-bond acceptors (Lipinski definition) is 4. The van der Waals surface area contributed by atoms with Crippen molar-refractivity contribution in [2.45, 2.75) is 18.9 Å². The fraction of sp³-hybridized carbons (Fsp3) is 0.200. The Kier molecular flexibility index (Phi) is 2.80. The summed E-state index contributed by atoms with van der Waals surface area (Å²) in [5, 5.41) is 9.16. The van der Waals surface area contributed by atoms with E-state index in [0.29, 0.717) is 0 Å². The van der Waals surface area contributed by atoms with E-state index in [-0.39, 0.29) is 28.5 Å². The molecule has 0 saturated heterocycles. The topological polar surface area (TPSA) is 90.0 Å². The van der Waals surface area contributed by atoms with E-state index in [1.54, 1.807) is 10.8 Å². The number of carbonyl (C=O) groups is 1. The standard InChI is InChI=1S/C15H11FN4O3/c16-11-5-9-12(21)10(15(22)23)6-20(8-1-2-8)13(9)18-14(11)19-4-3-17-7-19/h3-8H,1-2H2,(H,22,23). The number of nitrogens with zero attached hydrogens (tertiary/aromatic N) is 4. The zero-order valence-electron chi connectivity index (χ0n) is 11.8. The van der Waals surface area contributed by atoms with Crippen LogP contribution >= 0.6 is 0 Å². The van der Waals surface area contributed by atoms with Crippen molar-refractivity contribution in [2.75, 3.05) is 0 Å². The molecule has 4 rings (SSSR count). The summed E-state index contributed by atoms with van der Waals surface area (Å²) >= 11 is 0. The van der Waals surface area contributed by atoms with Gasteiger partial charge in [0.05, 0.1) is 5.39 Å². The minimum atomic E-state index is -1.33. The molecule has 3 aromatic rings. The Labute approximate surface area is 128 Å². The van der Waals surface area contributed by atoms with Crippen LogP contribution in [0.5, 0.6) is 0 Å². The van der Waals surface area contributed by atoms with Gasteiger partial charge in [-0.15, -0.1) is 0 Å². The first-order valence-corrected chi connectivity index (χ1v) is 7.03. The van der Waals surface area contributed by atoms with Crippen molar-refractivity contribution in [1.82, 2.24) is 19.1 Å². The zero-order chi connectivity index (χ0) is 16.1. The monoisotopic (exact) mass is 314 g/mol. The molecule has 3 aromatic heterocycles. The Morgan fingerprint density at radius 1 is 1.39 bits per heavy atom. The van der Waals surface area contributed by atoms with Gasteiger partial charge in [0.2, 0.25) is 5.43 Å². The largest absolute Gasteiger partial charge is 0.477 e. The Bertz CT molecular complexity index is 990. The summed E-state index contributed by atoms with van der Waals surface area (Å²) in [5.74, 6) is -2.02. The van der Waals surface area contributed by atoms with Crippen molar-refractivity contribution < 1.29 is 14.3 Å². The van der Waals surface area contributed by atoms with E-state index in [1.807, 2.05) is 0 Å². The summed E-state index contributed by atoms with van der Waals surface area (Å²) < 4.78 is 17.4. The van der Waals surface area contributed by atoms with Crippen LogP contribution in [0.4, 0.5) is 4.39 Å². The predicted octanol–water partition coefficient (Wildman–Crippen LogP) is 1.75. The molecule has 116 valence electrons. The van der Waals surface area contributed by atoms with Gasteiger partial charge < -0.3 is 9.67 Å². The van der Waals surface area contributed by atoms with Crippen LogP contribution in [-0.4, -0.2) is 30.2 Å². The number of fused-ring (bicyclic) bond motifs is 1. The van der Waals surface area contributed by atoms with E-state index in [1.165, 1.54) is 23.3 Å². The van der Waals surface area contributed by atoms with Crippen LogP contribution in [0.2, 0.25) is 0 Å². The average Bonchev–Trinajstić information content (AvgIpc) is 3.21. The number of carboxylic acid groups (broad SMARTS) is 1. The highest BCUT2D eigenvalue weighted by atomic mass is 19.1. The normalized spacial score (nSPS) is 14.3. The van der Waals surface area contributed by atoms with Gasteiger partial charge in [-0.1, -0.05) is 0 Å². The maximum absolute atomic E-state index is 14.3. The quantitative estimate of drug-likeness (QED) is 0.795. The molecule has 3 heterocycles. The third kappa shape index (κ3) is 2.10. The molecule has 0 bridgehead atoms. The van der Waals surface area contributed by atoms with Gasteiger partial charge in [0.25, 0.3) is 0 Å². The second-order valence-electron chi connectivity index (χ2n) is 5.45. The molecule has 0 aliphatic heterocycles. The van der Waals surface area contributed by atoms with Crippen LogP contribution in [0, 0.1) is 5.82 Å². The highest BCUT2D eigenvalue weighted by molar-refractivity contribution is 5.92. The highest BCUT2D eigenvalue weighted by Crippen LogP contribution is 2.36. The second kappa shape index (κ2) is 4.73. The van der Waals surface area contributed by atoms with Crippen LogP contribution in [0.3, 0.4) is 0 Å². The summed E-state index contributed by atoms with van der Waals surface area (Å²) in [7, 11) is 0. The van der Waals surface area contributed by atoms with Gasteiger partial charge in [-0.05, 0) is 18.9 Å². The maximum atomic E-state index is 14.3. The van der Waals surface area contributed by atoms with Crippen molar-refractivity contribution in [1.29, 1.82) is 0 Å². The molecule has 1 aliphatic carbocycles. The average molecular weight is 314 g/mol. The van der Waals surface area contributed by atoms with E-state index in [0.717, 1.165) is 18.9 Å². The lowest BCUT2D eigenvalue weighted by molar-refractivity contribution is 0.0695. The number of pyridine rings is 2. The molecule has 1 saturated carbocycles. The van der Waals surface area contributed by atoms with Gasteiger partial charge in [-0.2, -0.15) is 0 Å². The molecule has 1 aliphatic rings. The number of hydrogen-bond donors (Lipinski definition) is 1.